The summed E-state index contributed by atoms with van der Waals surface area (Å²) >= 11 is 1.47. The second-order valence-corrected chi connectivity index (χ2v) is 11.8. The first-order valence-electron chi connectivity index (χ1n) is 12.5. The molecule has 2 aliphatic rings. The van der Waals surface area contributed by atoms with Gasteiger partial charge in [0.25, 0.3) is 0 Å². The number of hydrogen-bond donors (Lipinski definition) is 3. The first-order valence-corrected chi connectivity index (χ1v) is 13.4. The molecule has 0 unspecified atom stereocenters. The number of nitrogens with zero attached hydrogens (tertiary/aromatic N) is 1. The van der Waals surface area contributed by atoms with Crippen LogP contribution >= 0.6 is 11.3 Å². The van der Waals surface area contributed by atoms with Gasteiger partial charge in [0.2, 0.25) is 0 Å². The van der Waals surface area contributed by atoms with E-state index in [2.05, 4.69) is 11.9 Å². The summed E-state index contributed by atoms with van der Waals surface area (Å²) in [4.78, 5) is 30.4. The van der Waals surface area contributed by atoms with Crippen LogP contribution in [0.2, 0.25) is 0 Å². The number of hydrogen-bond acceptors (Lipinski definition) is 9. The predicted molar refractivity (Wildman–Crippen MR) is 134 cm³/mol. The van der Waals surface area contributed by atoms with Gasteiger partial charge in [0, 0.05) is 24.3 Å². The van der Waals surface area contributed by atoms with Crippen LogP contribution in [0.15, 0.2) is 11.5 Å². The van der Waals surface area contributed by atoms with E-state index in [1.54, 1.807) is 32.9 Å². The molecule has 1 aromatic rings. The van der Waals surface area contributed by atoms with E-state index in [0.717, 1.165) is 30.0 Å². The van der Waals surface area contributed by atoms with Gasteiger partial charge in [0.15, 0.2) is 0 Å². The number of ether oxygens (including phenoxy) is 2. The first kappa shape index (κ1) is 27.9. The number of epoxide rings is 1. The van der Waals surface area contributed by atoms with E-state index in [9.17, 15) is 19.8 Å². The van der Waals surface area contributed by atoms with Crippen molar-refractivity contribution in [2.75, 3.05) is 0 Å². The molecule has 2 aliphatic heterocycles. The SMILES string of the molecule is C[C@H]1CCC[C@@]2(C)O[C@H]2C[C@@H](C=Cc2csc(CN)n2)OC(=O)C[C@H](O)C(C)(C)C(=O)[C@H](C)[C@H]1O. The minimum atomic E-state index is -1.24. The van der Waals surface area contributed by atoms with E-state index in [1.165, 1.54) is 11.3 Å². The Kier molecular flexibility index (Phi) is 8.91. The zero-order chi connectivity index (χ0) is 26.0. The lowest BCUT2D eigenvalue weighted by Crippen LogP contribution is -2.45. The monoisotopic (exact) mass is 508 g/mol. The van der Waals surface area contributed by atoms with E-state index < -0.39 is 35.6 Å². The number of nitrogens with two attached hydrogens (primary N) is 1. The normalized spacial score (nSPS) is 37.1. The molecule has 9 heteroatoms. The Bertz CT molecular complexity index is 931. The highest BCUT2D eigenvalue weighted by atomic mass is 32.1. The highest BCUT2D eigenvalue weighted by Crippen LogP contribution is 2.44. The largest absolute Gasteiger partial charge is 0.458 e. The van der Waals surface area contributed by atoms with Crippen molar-refractivity contribution in [3.63, 3.8) is 0 Å². The van der Waals surface area contributed by atoms with Gasteiger partial charge in [-0.15, -0.1) is 11.3 Å². The number of rotatable bonds is 3. The van der Waals surface area contributed by atoms with Crippen LogP contribution in [0.25, 0.3) is 6.08 Å². The average Bonchev–Trinajstić information content (AvgIpc) is 3.20. The van der Waals surface area contributed by atoms with E-state index in [-0.39, 0.29) is 29.8 Å². The van der Waals surface area contributed by atoms with Gasteiger partial charge in [-0.2, -0.15) is 0 Å². The Morgan fingerprint density at radius 3 is 2.63 bits per heavy atom. The topological polar surface area (TPSA) is 135 Å². The van der Waals surface area contributed by atoms with Gasteiger partial charge in [-0.3, -0.25) is 9.59 Å². The van der Waals surface area contributed by atoms with Gasteiger partial charge in [0.1, 0.15) is 16.9 Å². The van der Waals surface area contributed by atoms with Gasteiger partial charge in [-0.25, -0.2) is 4.98 Å². The summed E-state index contributed by atoms with van der Waals surface area (Å²) in [6, 6.07) is 0. The smallest absolute Gasteiger partial charge is 0.309 e. The van der Waals surface area contributed by atoms with Crippen LogP contribution in [-0.4, -0.2) is 57.0 Å². The molecule has 2 saturated heterocycles. The standard InChI is InChI=1S/C26H40N2O6S/c1-15-7-6-10-26(5)20(34-26)11-18(9-8-17-14-35-21(13-27)28-17)33-22(30)12-19(29)25(3,4)24(32)16(2)23(15)31/h8-9,14-16,18-20,23,29,31H,6-7,10-13,27H2,1-5H3/t15-,16+,18+,19-,20-,23-,26+/m0/s1. The lowest BCUT2D eigenvalue weighted by atomic mass is 9.73. The molecule has 196 valence electrons. The molecule has 0 radical (unpaired) electrons. The molecule has 8 nitrogen and oxygen atoms in total. The number of aliphatic hydroxyl groups excluding tert-OH is 2. The first-order chi connectivity index (χ1) is 16.4. The molecule has 3 rings (SSSR count). The summed E-state index contributed by atoms with van der Waals surface area (Å²) in [5, 5.41) is 24.3. The van der Waals surface area contributed by atoms with Crippen molar-refractivity contribution in [3.8, 4) is 0 Å². The van der Waals surface area contributed by atoms with E-state index in [4.69, 9.17) is 15.2 Å². The molecule has 2 fully saturated rings. The Morgan fingerprint density at radius 1 is 1.26 bits per heavy atom. The lowest BCUT2D eigenvalue weighted by molar-refractivity contribution is -0.154. The lowest BCUT2D eigenvalue weighted by Gasteiger charge is -2.34. The summed E-state index contributed by atoms with van der Waals surface area (Å²) in [5.41, 5.74) is 4.87. The average molecular weight is 509 g/mol. The molecule has 4 N–H and O–H groups in total. The highest BCUT2D eigenvalue weighted by molar-refractivity contribution is 7.09. The highest BCUT2D eigenvalue weighted by Gasteiger charge is 2.52. The third-order valence-corrected chi connectivity index (χ3v) is 8.55. The molecule has 3 heterocycles. The Labute approximate surface area is 211 Å². The maximum atomic E-state index is 13.2. The number of esters is 1. The summed E-state index contributed by atoms with van der Waals surface area (Å²) < 4.78 is 11.7. The summed E-state index contributed by atoms with van der Waals surface area (Å²) in [6.45, 7) is 9.28. The van der Waals surface area contributed by atoms with Crippen LogP contribution in [0.4, 0.5) is 0 Å². The van der Waals surface area contributed by atoms with Gasteiger partial charge in [-0.1, -0.05) is 34.1 Å². The van der Waals surface area contributed by atoms with E-state index in [1.807, 2.05) is 12.3 Å². The van der Waals surface area contributed by atoms with Crippen LogP contribution < -0.4 is 5.73 Å². The second kappa shape index (κ2) is 11.2. The minimum absolute atomic E-state index is 0.0602. The molecule has 1 aromatic heterocycles. The number of cyclic esters (lactones) is 1. The van der Waals surface area contributed by atoms with Crippen molar-refractivity contribution in [1.29, 1.82) is 0 Å². The van der Waals surface area contributed by atoms with Crippen molar-refractivity contribution < 1.29 is 29.3 Å². The van der Waals surface area contributed by atoms with E-state index in [0.29, 0.717) is 13.0 Å². The Morgan fingerprint density at radius 2 is 1.97 bits per heavy atom. The predicted octanol–water partition coefficient (Wildman–Crippen LogP) is 3.24. The molecular weight excluding hydrogens is 468 g/mol. The minimum Gasteiger partial charge on any atom is -0.458 e. The molecule has 7 atom stereocenters. The number of carbonyl (C=O) groups excluding carboxylic acids is 2. The van der Waals surface area contributed by atoms with Crippen LogP contribution in [0.3, 0.4) is 0 Å². The van der Waals surface area contributed by atoms with Crippen LogP contribution in [0, 0.1) is 17.3 Å². The van der Waals surface area contributed by atoms with Crippen molar-refractivity contribution in [3.05, 3.63) is 22.2 Å². The van der Waals surface area contributed by atoms with Crippen molar-refractivity contribution >= 4 is 29.2 Å². The number of fused-ring (bicyclic) bond motifs is 1. The third kappa shape index (κ3) is 6.77. The van der Waals surface area contributed by atoms with Gasteiger partial charge >= 0.3 is 5.97 Å². The molecule has 0 spiro atoms. The second-order valence-electron chi connectivity index (χ2n) is 10.9. The molecule has 0 aromatic carbocycles. The third-order valence-electron chi connectivity index (χ3n) is 7.66. The molecule has 0 aliphatic carbocycles. The number of Topliss-reactive ketones (excluding diaryl/α,β-unsaturated/α-hetero) is 1. The maximum absolute atomic E-state index is 13.2. The quantitative estimate of drug-likeness (QED) is 0.418. The molecular formula is C26H40N2O6S. The fraction of sp³-hybridized carbons (Fsp3) is 0.731. The Hall–Kier alpha value is -1.65. The van der Waals surface area contributed by atoms with Crippen LogP contribution in [-0.2, 0) is 25.6 Å². The summed E-state index contributed by atoms with van der Waals surface area (Å²) in [5.74, 6) is -1.60. The van der Waals surface area contributed by atoms with Gasteiger partial charge in [-0.05, 0) is 37.8 Å². The molecule has 0 amide bonds. The zero-order valence-electron chi connectivity index (χ0n) is 21.4. The van der Waals surface area contributed by atoms with Crippen molar-refractivity contribution in [2.45, 2.75) is 103 Å². The van der Waals surface area contributed by atoms with Crippen molar-refractivity contribution in [1.82, 2.24) is 4.98 Å². The van der Waals surface area contributed by atoms with Gasteiger partial charge in [0.05, 0.1) is 41.4 Å². The fourth-order valence-corrected chi connectivity index (χ4v) is 5.50. The van der Waals surface area contributed by atoms with Crippen LogP contribution in [0.5, 0.6) is 0 Å². The molecule has 35 heavy (non-hydrogen) atoms. The van der Waals surface area contributed by atoms with Gasteiger partial charge < -0.3 is 25.4 Å². The zero-order valence-corrected chi connectivity index (χ0v) is 22.2. The number of ketones is 1. The summed E-state index contributed by atoms with van der Waals surface area (Å²) in [6.07, 6.45) is 3.51. The Balaban J connectivity index is 1.80. The number of aromatic nitrogens is 1. The molecule has 0 saturated carbocycles. The van der Waals surface area contributed by atoms with E-state index >= 15 is 0 Å². The number of thiazole rings is 1. The molecule has 0 bridgehead atoms. The van der Waals surface area contributed by atoms with Crippen LogP contribution in [0.1, 0.15) is 77.4 Å². The maximum Gasteiger partial charge on any atom is 0.309 e. The number of aliphatic hydroxyl groups is 2. The van der Waals surface area contributed by atoms with Crippen molar-refractivity contribution in [2.24, 2.45) is 23.0 Å². The summed E-state index contributed by atoms with van der Waals surface area (Å²) in [7, 11) is 0. The fourth-order valence-electron chi connectivity index (χ4n) is 4.86. The number of carbonyl (C=O) groups is 2.